The molecule has 0 saturated carbocycles. The molecule has 0 aromatic carbocycles. The fraction of sp³-hybridized carbons (Fsp3) is 0.900. The standard InChI is InChI=1S/C10H19NO2/c1-10(2,3)7-5-4-6-11-8(7)9(12)13/h7-8,11H,4-6H2,1-3H3,(H,12,13). The van der Waals surface area contributed by atoms with Gasteiger partial charge in [-0.2, -0.15) is 0 Å². The molecule has 2 atom stereocenters. The third-order valence-corrected chi connectivity index (χ3v) is 2.84. The molecule has 1 rings (SSSR count). The number of aliphatic carboxylic acids is 1. The fourth-order valence-electron chi connectivity index (χ4n) is 2.08. The first-order valence-electron chi connectivity index (χ1n) is 4.89. The first-order valence-corrected chi connectivity index (χ1v) is 4.89. The van der Waals surface area contributed by atoms with Gasteiger partial charge < -0.3 is 10.4 Å². The van der Waals surface area contributed by atoms with Gasteiger partial charge in [-0.05, 0) is 30.7 Å². The zero-order valence-corrected chi connectivity index (χ0v) is 8.63. The highest BCUT2D eigenvalue weighted by atomic mass is 16.4. The third-order valence-electron chi connectivity index (χ3n) is 2.84. The van der Waals surface area contributed by atoms with Gasteiger partial charge in [-0.15, -0.1) is 0 Å². The summed E-state index contributed by atoms with van der Waals surface area (Å²) in [6, 6.07) is -0.353. The van der Waals surface area contributed by atoms with Crippen molar-refractivity contribution in [1.82, 2.24) is 5.32 Å². The molecule has 1 saturated heterocycles. The van der Waals surface area contributed by atoms with E-state index in [0.717, 1.165) is 19.4 Å². The van der Waals surface area contributed by atoms with E-state index in [1.165, 1.54) is 0 Å². The first kappa shape index (κ1) is 10.5. The summed E-state index contributed by atoms with van der Waals surface area (Å²) < 4.78 is 0. The SMILES string of the molecule is CC(C)(C)C1CCCNC1C(=O)O. The van der Waals surface area contributed by atoms with Crippen LogP contribution in [0.3, 0.4) is 0 Å². The van der Waals surface area contributed by atoms with Crippen molar-refractivity contribution in [2.24, 2.45) is 11.3 Å². The molecule has 13 heavy (non-hydrogen) atoms. The van der Waals surface area contributed by atoms with Crippen LogP contribution >= 0.6 is 0 Å². The van der Waals surface area contributed by atoms with Crippen molar-refractivity contribution >= 4 is 5.97 Å². The second-order valence-corrected chi connectivity index (χ2v) is 4.88. The molecule has 0 amide bonds. The molecule has 1 aliphatic heterocycles. The van der Waals surface area contributed by atoms with Crippen molar-refractivity contribution in [3.63, 3.8) is 0 Å². The van der Waals surface area contributed by atoms with Crippen molar-refractivity contribution in [3.8, 4) is 0 Å². The lowest BCUT2D eigenvalue weighted by molar-refractivity contribution is -0.143. The summed E-state index contributed by atoms with van der Waals surface area (Å²) in [4.78, 5) is 10.9. The second kappa shape index (κ2) is 3.66. The lowest BCUT2D eigenvalue weighted by Crippen LogP contribution is -2.51. The van der Waals surface area contributed by atoms with E-state index in [1.54, 1.807) is 0 Å². The molecule has 0 spiro atoms. The van der Waals surface area contributed by atoms with E-state index < -0.39 is 5.97 Å². The quantitative estimate of drug-likeness (QED) is 0.650. The van der Waals surface area contributed by atoms with Crippen LogP contribution in [0, 0.1) is 11.3 Å². The second-order valence-electron chi connectivity index (χ2n) is 4.88. The average molecular weight is 185 g/mol. The maximum atomic E-state index is 10.9. The van der Waals surface area contributed by atoms with Gasteiger partial charge in [0.25, 0.3) is 0 Å². The van der Waals surface area contributed by atoms with Crippen LogP contribution in [-0.2, 0) is 4.79 Å². The van der Waals surface area contributed by atoms with Crippen LogP contribution in [0.15, 0.2) is 0 Å². The van der Waals surface area contributed by atoms with E-state index >= 15 is 0 Å². The smallest absolute Gasteiger partial charge is 0.321 e. The molecule has 1 aliphatic rings. The molecule has 1 heterocycles. The number of hydrogen-bond donors (Lipinski definition) is 2. The fourth-order valence-corrected chi connectivity index (χ4v) is 2.08. The van der Waals surface area contributed by atoms with Crippen LogP contribution in [-0.4, -0.2) is 23.7 Å². The topological polar surface area (TPSA) is 49.3 Å². The van der Waals surface area contributed by atoms with E-state index in [2.05, 4.69) is 26.1 Å². The molecule has 76 valence electrons. The number of carboxylic acids is 1. The predicted octanol–water partition coefficient (Wildman–Crippen LogP) is 1.49. The largest absolute Gasteiger partial charge is 0.480 e. The van der Waals surface area contributed by atoms with E-state index in [-0.39, 0.29) is 17.4 Å². The van der Waals surface area contributed by atoms with Crippen molar-refractivity contribution in [2.45, 2.75) is 39.7 Å². The van der Waals surface area contributed by atoms with E-state index in [1.807, 2.05) is 0 Å². The summed E-state index contributed by atoms with van der Waals surface area (Å²) >= 11 is 0. The third kappa shape index (κ3) is 2.44. The number of carboxylic acid groups (broad SMARTS) is 1. The van der Waals surface area contributed by atoms with Gasteiger partial charge in [-0.3, -0.25) is 4.79 Å². The lowest BCUT2D eigenvalue weighted by atomic mass is 9.72. The number of piperidine rings is 1. The normalized spacial score (nSPS) is 30.1. The molecule has 3 heteroatoms. The summed E-state index contributed by atoms with van der Waals surface area (Å²) in [5.74, 6) is -0.460. The summed E-state index contributed by atoms with van der Waals surface area (Å²) in [5, 5.41) is 12.1. The summed E-state index contributed by atoms with van der Waals surface area (Å²) in [6.07, 6.45) is 2.11. The monoisotopic (exact) mass is 185 g/mol. The van der Waals surface area contributed by atoms with E-state index in [9.17, 15) is 4.79 Å². The van der Waals surface area contributed by atoms with Crippen LogP contribution in [0.1, 0.15) is 33.6 Å². The van der Waals surface area contributed by atoms with Crippen LogP contribution in [0.2, 0.25) is 0 Å². The van der Waals surface area contributed by atoms with Crippen molar-refractivity contribution in [2.75, 3.05) is 6.54 Å². The molecule has 0 aromatic rings. The van der Waals surface area contributed by atoms with Crippen LogP contribution < -0.4 is 5.32 Å². The minimum atomic E-state index is -0.709. The average Bonchev–Trinajstić information content (AvgIpc) is 2.03. The lowest BCUT2D eigenvalue weighted by Gasteiger charge is -2.38. The van der Waals surface area contributed by atoms with Gasteiger partial charge in [0.2, 0.25) is 0 Å². The van der Waals surface area contributed by atoms with Gasteiger partial charge in [0.05, 0.1) is 0 Å². The zero-order chi connectivity index (χ0) is 10.1. The Morgan fingerprint density at radius 3 is 2.46 bits per heavy atom. The van der Waals surface area contributed by atoms with Crippen molar-refractivity contribution < 1.29 is 9.90 Å². The molecule has 0 bridgehead atoms. The molecular formula is C10H19NO2. The van der Waals surface area contributed by atoms with Crippen molar-refractivity contribution in [3.05, 3.63) is 0 Å². The minimum absolute atomic E-state index is 0.0798. The molecule has 0 aliphatic carbocycles. The Morgan fingerprint density at radius 1 is 1.46 bits per heavy atom. The van der Waals surface area contributed by atoms with E-state index in [4.69, 9.17) is 5.11 Å². The number of rotatable bonds is 1. The molecule has 0 radical (unpaired) electrons. The Labute approximate surface area is 79.5 Å². The predicted molar refractivity (Wildman–Crippen MR) is 51.6 cm³/mol. The Hall–Kier alpha value is -0.570. The van der Waals surface area contributed by atoms with Gasteiger partial charge in [0.1, 0.15) is 6.04 Å². The number of hydrogen-bond acceptors (Lipinski definition) is 2. The van der Waals surface area contributed by atoms with Gasteiger partial charge in [-0.1, -0.05) is 20.8 Å². The van der Waals surface area contributed by atoms with Crippen LogP contribution in [0.5, 0.6) is 0 Å². The zero-order valence-electron chi connectivity index (χ0n) is 8.63. The maximum Gasteiger partial charge on any atom is 0.321 e. The maximum absolute atomic E-state index is 10.9. The Kier molecular flexibility index (Phi) is 2.96. The summed E-state index contributed by atoms with van der Waals surface area (Å²) in [5.41, 5.74) is 0.0798. The highest BCUT2D eigenvalue weighted by Crippen LogP contribution is 2.34. The summed E-state index contributed by atoms with van der Waals surface area (Å²) in [6.45, 7) is 7.17. The molecule has 1 fully saturated rings. The number of nitrogens with one attached hydrogen (secondary N) is 1. The number of carbonyl (C=O) groups is 1. The minimum Gasteiger partial charge on any atom is -0.480 e. The Bertz CT molecular complexity index is 196. The highest BCUT2D eigenvalue weighted by Gasteiger charge is 2.37. The van der Waals surface area contributed by atoms with E-state index in [0.29, 0.717) is 0 Å². The highest BCUT2D eigenvalue weighted by molar-refractivity contribution is 5.74. The van der Waals surface area contributed by atoms with Crippen LogP contribution in [0.4, 0.5) is 0 Å². The van der Waals surface area contributed by atoms with Gasteiger partial charge in [-0.25, -0.2) is 0 Å². The molecule has 0 aromatic heterocycles. The molecule has 2 unspecified atom stereocenters. The van der Waals surface area contributed by atoms with Gasteiger partial charge in [0, 0.05) is 0 Å². The molecule has 2 N–H and O–H groups in total. The Morgan fingerprint density at radius 2 is 2.08 bits per heavy atom. The molecule has 3 nitrogen and oxygen atoms in total. The van der Waals surface area contributed by atoms with Crippen molar-refractivity contribution in [1.29, 1.82) is 0 Å². The Balaban J connectivity index is 2.73. The first-order chi connectivity index (χ1) is 5.93. The van der Waals surface area contributed by atoms with Gasteiger partial charge >= 0.3 is 5.97 Å². The summed E-state index contributed by atoms with van der Waals surface area (Å²) in [7, 11) is 0. The van der Waals surface area contributed by atoms with Gasteiger partial charge in [0.15, 0.2) is 0 Å². The molecular weight excluding hydrogens is 166 g/mol. The van der Waals surface area contributed by atoms with Crippen LogP contribution in [0.25, 0.3) is 0 Å².